The van der Waals surface area contributed by atoms with E-state index >= 15 is 4.39 Å². The Morgan fingerprint density at radius 2 is 1.94 bits per heavy atom. The van der Waals surface area contributed by atoms with Crippen molar-refractivity contribution < 1.29 is 22.4 Å². The van der Waals surface area contributed by atoms with Gasteiger partial charge in [-0.1, -0.05) is 35.3 Å². The molecule has 0 saturated carbocycles. The molecule has 0 spiro atoms. The molecule has 192 valence electrons. The van der Waals surface area contributed by atoms with E-state index < -0.39 is 23.6 Å². The number of carbonyl (C=O) groups is 1. The van der Waals surface area contributed by atoms with Gasteiger partial charge in [-0.15, -0.1) is 11.3 Å². The highest BCUT2D eigenvalue weighted by Crippen LogP contribution is 2.36. The summed E-state index contributed by atoms with van der Waals surface area (Å²) in [7, 11) is 0. The standard InChI is InChI=1S/C23H20Cl2F4N4OS2/c24-17-10-19(35-21(17)25)36-32-22(34)30-12-18(26)16-3-1-2-14-11-31-33(20(14)16)9-8-13-4-6-15(7-5-13)23(27,28)29/h4-7,10-11H,1-3,8-9,12H2,(H2,30,32,34)/b18-16-. The van der Waals surface area contributed by atoms with Crippen molar-refractivity contribution in [3.05, 3.63) is 74.1 Å². The van der Waals surface area contributed by atoms with Crippen molar-refractivity contribution in [2.45, 2.75) is 42.6 Å². The predicted molar refractivity (Wildman–Crippen MR) is 135 cm³/mol. The van der Waals surface area contributed by atoms with Crippen LogP contribution in [0.3, 0.4) is 0 Å². The number of hydrogen-bond acceptors (Lipinski definition) is 4. The van der Waals surface area contributed by atoms with E-state index in [0.717, 1.165) is 48.0 Å². The second kappa shape index (κ2) is 11.5. The number of rotatable bonds is 7. The Hall–Kier alpha value is -2.21. The first-order chi connectivity index (χ1) is 17.1. The number of urea groups is 1. The van der Waals surface area contributed by atoms with Crippen LogP contribution in [0.2, 0.25) is 9.36 Å². The second-order valence-electron chi connectivity index (χ2n) is 8.00. The van der Waals surface area contributed by atoms with Crippen molar-refractivity contribution in [2.24, 2.45) is 0 Å². The van der Waals surface area contributed by atoms with Crippen LogP contribution >= 0.6 is 46.5 Å². The van der Waals surface area contributed by atoms with Crippen molar-refractivity contribution in [1.82, 2.24) is 19.8 Å². The number of amides is 2. The predicted octanol–water partition coefficient (Wildman–Crippen LogP) is 7.54. The van der Waals surface area contributed by atoms with Gasteiger partial charge in [0, 0.05) is 12.1 Å². The summed E-state index contributed by atoms with van der Waals surface area (Å²) >= 11 is 14.0. The maximum absolute atomic E-state index is 15.2. The van der Waals surface area contributed by atoms with Gasteiger partial charge in [-0.05, 0) is 67.0 Å². The van der Waals surface area contributed by atoms with Crippen molar-refractivity contribution in [3.8, 4) is 0 Å². The van der Waals surface area contributed by atoms with Crippen molar-refractivity contribution in [3.63, 3.8) is 0 Å². The Bertz CT molecular complexity index is 1250. The van der Waals surface area contributed by atoms with E-state index in [2.05, 4.69) is 15.1 Å². The molecule has 0 saturated heterocycles. The summed E-state index contributed by atoms with van der Waals surface area (Å²) in [5.74, 6) is -0.463. The number of aromatic nitrogens is 2. The maximum Gasteiger partial charge on any atom is 0.416 e. The first-order valence-electron chi connectivity index (χ1n) is 10.9. The van der Waals surface area contributed by atoms with Crippen LogP contribution in [0.15, 0.2) is 46.6 Å². The zero-order valence-corrected chi connectivity index (χ0v) is 21.7. The third-order valence-corrected chi connectivity index (χ3v) is 8.33. The van der Waals surface area contributed by atoms with Gasteiger partial charge in [0.2, 0.25) is 0 Å². The molecule has 0 fully saturated rings. The fourth-order valence-electron chi connectivity index (χ4n) is 3.83. The minimum Gasteiger partial charge on any atom is -0.331 e. The average Bonchev–Trinajstić information content (AvgIpc) is 3.41. The highest BCUT2D eigenvalue weighted by atomic mass is 35.5. The van der Waals surface area contributed by atoms with Crippen LogP contribution in [0.4, 0.5) is 22.4 Å². The molecule has 36 heavy (non-hydrogen) atoms. The number of nitrogens with one attached hydrogen (secondary N) is 2. The number of allylic oxidation sites excluding steroid dienone is 1. The lowest BCUT2D eigenvalue weighted by Gasteiger charge is -2.19. The van der Waals surface area contributed by atoms with E-state index in [0.29, 0.717) is 44.2 Å². The highest BCUT2D eigenvalue weighted by molar-refractivity contribution is 7.99. The molecule has 0 unspecified atom stereocenters. The second-order valence-corrected chi connectivity index (χ2v) is 11.2. The number of thiophene rings is 1. The molecule has 13 heteroatoms. The van der Waals surface area contributed by atoms with Gasteiger partial charge in [-0.25, -0.2) is 9.18 Å². The molecule has 2 heterocycles. The third kappa shape index (κ3) is 6.56. The zero-order valence-electron chi connectivity index (χ0n) is 18.6. The van der Waals surface area contributed by atoms with Gasteiger partial charge in [0.25, 0.3) is 0 Å². The number of hydrogen-bond donors (Lipinski definition) is 2. The van der Waals surface area contributed by atoms with Gasteiger partial charge in [-0.2, -0.15) is 18.3 Å². The van der Waals surface area contributed by atoms with E-state index in [1.807, 2.05) is 0 Å². The molecule has 2 N–H and O–H groups in total. The minimum atomic E-state index is -4.38. The Morgan fingerprint density at radius 1 is 1.19 bits per heavy atom. The van der Waals surface area contributed by atoms with Crippen LogP contribution in [0, 0.1) is 0 Å². The number of aryl methyl sites for hydroxylation is 3. The first-order valence-corrected chi connectivity index (χ1v) is 13.2. The summed E-state index contributed by atoms with van der Waals surface area (Å²) in [5, 5.41) is 7.28. The van der Waals surface area contributed by atoms with Crippen LogP contribution in [0.25, 0.3) is 5.57 Å². The van der Waals surface area contributed by atoms with E-state index in [1.54, 1.807) is 16.9 Å². The lowest BCUT2D eigenvalue weighted by Crippen LogP contribution is -2.32. The Balaban J connectivity index is 1.39. The lowest BCUT2D eigenvalue weighted by atomic mass is 9.92. The smallest absolute Gasteiger partial charge is 0.331 e. The van der Waals surface area contributed by atoms with E-state index in [4.69, 9.17) is 23.2 Å². The molecule has 1 aromatic carbocycles. The molecule has 4 rings (SSSR count). The van der Waals surface area contributed by atoms with Crippen LogP contribution < -0.4 is 10.0 Å². The molecule has 3 aromatic rings. The van der Waals surface area contributed by atoms with Crippen LogP contribution in [0.1, 0.15) is 35.2 Å². The minimum absolute atomic E-state index is 0.294. The Labute approximate surface area is 223 Å². The van der Waals surface area contributed by atoms with Crippen molar-refractivity contribution >= 4 is 58.1 Å². The SMILES string of the molecule is O=C(NC/C(F)=C1\CCCc2cnn(CCc3ccc(C(F)(F)F)cc3)c21)NSc1cc(Cl)c(Cl)s1. The summed E-state index contributed by atoms with van der Waals surface area (Å²) in [5.41, 5.74) is 2.08. The maximum atomic E-state index is 15.2. The monoisotopic (exact) mass is 578 g/mol. The number of alkyl halides is 3. The fraction of sp³-hybridized carbons (Fsp3) is 0.304. The zero-order chi connectivity index (χ0) is 25.9. The third-order valence-electron chi connectivity index (χ3n) is 5.57. The largest absolute Gasteiger partial charge is 0.416 e. The van der Waals surface area contributed by atoms with Gasteiger partial charge in [0.05, 0.1) is 33.2 Å². The summed E-state index contributed by atoms with van der Waals surface area (Å²) < 4.78 is 58.9. The lowest BCUT2D eigenvalue weighted by molar-refractivity contribution is -0.137. The van der Waals surface area contributed by atoms with Gasteiger partial charge >= 0.3 is 12.2 Å². The van der Waals surface area contributed by atoms with Gasteiger partial charge in [0.15, 0.2) is 0 Å². The number of carbonyl (C=O) groups excluding carboxylic acids is 1. The molecule has 5 nitrogen and oxygen atoms in total. The number of benzene rings is 1. The molecular weight excluding hydrogens is 559 g/mol. The van der Waals surface area contributed by atoms with Crippen LogP contribution in [0.5, 0.6) is 0 Å². The molecule has 1 aliphatic rings. The number of nitrogens with zero attached hydrogens (tertiary/aromatic N) is 2. The molecule has 0 atom stereocenters. The summed E-state index contributed by atoms with van der Waals surface area (Å²) in [6.07, 6.45) is -0.246. The summed E-state index contributed by atoms with van der Waals surface area (Å²) in [4.78, 5) is 12.1. The highest BCUT2D eigenvalue weighted by Gasteiger charge is 2.30. The van der Waals surface area contributed by atoms with Crippen LogP contribution in [-0.2, 0) is 25.6 Å². The molecule has 2 aromatic heterocycles. The molecule has 0 aliphatic heterocycles. The molecule has 0 bridgehead atoms. The van der Waals surface area contributed by atoms with E-state index in [-0.39, 0.29) is 6.54 Å². The number of fused-ring (bicyclic) bond motifs is 1. The van der Waals surface area contributed by atoms with E-state index in [1.165, 1.54) is 23.5 Å². The molecular formula is C23H20Cl2F4N4OS2. The van der Waals surface area contributed by atoms with Gasteiger partial charge in [-0.3, -0.25) is 9.40 Å². The van der Waals surface area contributed by atoms with Gasteiger partial charge < -0.3 is 5.32 Å². The van der Waals surface area contributed by atoms with Crippen molar-refractivity contribution in [1.29, 1.82) is 0 Å². The van der Waals surface area contributed by atoms with Crippen LogP contribution in [-0.4, -0.2) is 22.4 Å². The Morgan fingerprint density at radius 3 is 2.61 bits per heavy atom. The van der Waals surface area contributed by atoms with E-state index in [9.17, 15) is 18.0 Å². The molecule has 2 amide bonds. The normalized spacial score (nSPS) is 14.9. The molecule has 1 aliphatic carbocycles. The topological polar surface area (TPSA) is 59.0 Å². The first kappa shape index (κ1) is 26.8. The average molecular weight is 579 g/mol. The quantitative estimate of drug-likeness (QED) is 0.225. The fourth-order valence-corrected chi connectivity index (χ4v) is 6.12. The van der Waals surface area contributed by atoms with Crippen molar-refractivity contribution in [2.75, 3.05) is 6.54 Å². The summed E-state index contributed by atoms with van der Waals surface area (Å²) in [6.45, 7) is 0.0885. The molecule has 0 radical (unpaired) electrons. The summed E-state index contributed by atoms with van der Waals surface area (Å²) in [6, 6.07) is 6.04. The number of halogens is 6. The Kier molecular flexibility index (Phi) is 8.54. The van der Waals surface area contributed by atoms with Gasteiger partial charge in [0.1, 0.15) is 10.2 Å².